The molecule has 1 unspecified atom stereocenters. The Kier molecular flexibility index (Phi) is 3.72. The Labute approximate surface area is 123 Å². The van der Waals surface area contributed by atoms with Gasteiger partial charge in [0.05, 0.1) is 18.0 Å². The molecule has 0 amide bonds. The van der Waals surface area contributed by atoms with Crippen molar-refractivity contribution in [1.82, 2.24) is 5.32 Å². The third kappa shape index (κ3) is 2.30. The molecule has 0 aliphatic carbocycles. The largest absolute Gasteiger partial charge is 0.496 e. The van der Waals surface area contributed by atoms with Crippen LogP contribution in [0.2, 0.25) is 0 Å². The number of ether oxygens (including phenoxy) is 1. The predicted octanol–water partition coefficient (Wildman–Crippen LogP) is 4.22. The lowest BCUT2D eigenvalue weighted by atomic mass is 10.0. The summed E-state index contributed by atoms with van der Waals surface area (Å²) in [5, 5.41) is 7.99. The van der Waals surface area contributed by atoms with Gasteiger partial charge in [0, 0.05) is 0 Å². The molecular weight excluding hydrogens is 266 g/mol. The molecule has 102 valence electrons. The Morgan fingerprint density at radius 3 is 2.60 bits per heavy atom. The Bertz CT molecular complexity index is 720. The van der Waals surface area contributed by atoms with Crippen LogP contribution >= 0.6 is 11.3 Å². The van der Waals surface area contributed by atoms with Gasteiger partial charge in [-0.05, 0) is 40.9 Å². The Morgan fingerprint density at radius 2 is 1.85 bits per heavy atom. The number of nitrogens with one attached hydrogen (secondary N) is 1. The van der Waals surface area contributed by atoms with Crippen molar-refractivity contribution in [3.05, 3.63) is 64.4 Å². The zero-order chi connectivity index (χ0) is 13.9. The number of thiophene rings is 1. The maximum absolute atomic E-state index is 5.45. The molecule has 2 nitrogen and oxygen atoms in total. The van der Waals surface area contributed by atoms with E-state index in [1.165, 1.54) is 21.2 Å². The van der Waals surface area contributed by atoms with E-state index in [-0.39, 0.29) is 6.04 Å². The van der Waals surface area contributed by atoms with Gasteiger partial charge in [0.2, 0.25) is 0 Å². The highest BCUT2D eigenvalue weighted by Gasteiger charge is 2.18. The molecule has 0 saturated heterocycles. The maximum atomic E-state index is 5.45. The first-order valence-corrected chi connectivity index (χ1v) is 7.49. The van der Waals surface area contributed by atoms with E-state index in [4.69, 9.17) is 4.74 Å². The fourth-order valence-electron chi connectivity index (χ4n) is 2.52. The minimum absolute atomic E-state index is 0.162. The first kappa shape index (κ1) is 13.2. The fourth-order valence-corrected chi connectivity index (χ4v) is 3.52. The molecule has 20 heavy (non-hydrogen) atoms. The third-order valence-corrected chi connectivity index (χ3v) is 4.50. The second-order valence-electron chi connectivity index (χ2n) is 4.68. The number of methoxy groups -OCH3 is 1. The summed E-state index contributed by atoms with van der Waals surface area (Å²) in [5.74, 6) is 0.947. The highest BCUT2D eigenvalue weighted by atomic mass is 32.1. The van der Waals surface area contributed by atoms with Gasteiger partial charge in [0.25, 0.3) is 0 Å². The molecule has 0 aliphatic rings. The van der Waals surface area contributed by atoms with E-state index in [9.17, 15) is 0 Å². The quantitative estimate of drug-likeness (QED) is 0.774. The summed E-state index contributed by atoms with van der Waals surface area (Å²) in [6.07, 6.45) is 0. The van der Waals surface area contributed by atoms with Crippen molar-refractivity contribution in [1.29, 1.82) is 0 Å². The van der Waals surface area contributed by atoms with E-state index in [1.54, 1.807) is 18.4 Å². The van der Waals surface area contributed by atoms with E-state index in [1.807, 2.05) is 13.1 Å². The Balaban J connectivity index is 2.07. The second kappa shape index (κ2) is 5.65. The first-order valence-electron chi connectivity index (χ1n) is 6.61. The van der Waals surface area contributed by atoms with Crippen molar-refractivity contribution in [3.63, 3.8) is 0 Å². The molecular formula is C17H17NOS. The van der Waals surface area contributed by atoms with Gasteiger partial charge in [0.1, 0.15) is 5.75 Å². The van der Waals surface area contributed by atoms with E-state index >= 15 is 0 Å². The van der Waals surface area contributed by atoms with Crippen molar-refractivity contribution in [2.24, 2.45) is 0 Å². The summed E-state index contributed by atoms with van der Waals surface area (Å²) in [5.41, 5.74) is 1.26. The van der Waals surface area contributed by atoms with Crippen LogP contribution in [0.15, 0.2) is 53.9 Å². The van der Waals surface area contributed by atoms with Crippen molar-refractivity contribution >= 4 is 22.1 Å². The standard InChI is InChI=1S/C17H17NOS/c1-18-16(17-15(19-2)9-10-20-17)14-8-7-12-5-3-4-6-13(12)11-14/h3-11,16,18H,1-2H3. The van der Waals surface area contributed by atoms with E-state index in [0.29, 0.717) is 0 Å². The molecule has 0 radical (unpaired) electrons. The molecule has 0 spiro atoms. The van der Waals surface area contributed by atoms with Crippen molar-refractivity contribution in [2.45, 2.75) is 6.04 Å². The monoisotopic (exact) mass is 283 g/mol. The lowest BCUT2D eigenvalue weighted by molar-refractivity contribution is 0.409. The summed E-state index contributed by atoms with van der Waals surface area (Å²) in [6, 6.07) is 17.2. The van der Waals surface area contributed by atoms with Crippen LogP contribution in [0.25, 0.3) is 10.8 Å². The van der Waals surface area contributed by atoms with Gasteiger partial charge >= 0.3 is 0 Å². The van der Waals surface area contributed by atoms with Crippen molar-refractivity contribution < 1.29 is 4.74 Å². The molecule has 3 aromatic rings. The summed E-state index contributed by atoms with van der Waals surface area (Å²) in [7, 11) is 3.71. The first-order chi connectivity index (χ1) is 9.83. The van der Waals surface area contributed by atoms with Crippen LogP contribution in [0.5, 0.6) is 5.75 Å². The number of benzene rings is 2. The van der Waals surface area contributed by atoms with E-state index in [0.717, 1.165) is 5.75 Å². The molecule has 3 rings (SSSR count). The number of hydrogen-bond acceptors (Lipinski definition) is 3. The lowest BCUT2D eigenvalue weighted by Gasteiger charge is -2.17. The third-order valence-electron chi connectivity index (χ3n) is 3.53. The van der Waals surface area contributed by atoms with Gasteiger partial charge in [-0.3, -0.25) is 0 Å². The van der Waals surface area contributed by atoms with Crippen LogP contribution in [0.3, 0.4) is 0 Å². The second-order valence-corrected chi connectivity index (χ2v) is 5.63. The molecule has 3 heteroatoms. The summed E-state index contributed by atoms with van der Waals surface area (Å²) < 4.78 is 5.45. The summed E-state index contributed by atoms with van der Waals surface area (Å²) in [6.45, 7) is 0. The van der Waals surface area contributed by atoms with Crippen LogP contribution in [0.1, 0.15) is 16.5 Å². The molecule has 1 atom stereocenters. The lowest BCUT2D eigenvalue weighted by Crippen LogP contribution is -2.17. The number of rotatable bonds is 4. The van der Waals surface area contributed by atoms with Gasteiger partial charge in [0.15, 0.2) is 0 Å². The average molecular weight is 283 g/mol. The molecule has 1 aromatic heterocycles. The van der Waals surface area contributed by atoms with E-state index in [2.05, 4.69) is 53.2 Å². The topological polar surface area (TPSA) is 21.3 Å². The van der Waals surface area contributed by atoms with Crippen molar-refractivity contribution in [2.75, 3.05) is 14.2 Å². The molecule has 1 N–H and O–H groups in total. The fraction of sp³-hybridized carbons (Fsp3) is 0.176. The average Bonchev–Trinajstić information content (AvgIpc) is 2.96. The normalized spacial score (nSPS) is 12.5. The molecule has 0 bridgehead atoms. The molecule has 0 fully saturated rings. The van der Waals surface area contributed by atoms with Gasteiger partial charge < -0.3 is 10.1 Å². The summed E-state index contributed by atoms with van der Waals surface area (Å²) in [4.78, 5) is 1.21. The molecule has 0 aliphatic heterocycles. The van der Waals surface area contributed by atoms with Crippen LogP contribution < -0.4 is 10.1 Å². The number of fused-ring (bicyclic) bond motifs is 1. The summed E-state index contributed by atoms with van der Waals surface area (Å²) >= 11 is 1.72. The highest BCUT2D eigenvalue weighted by molar-refractivity contribution is 7.10. The molecule has 2 aromatic carbocycles. The minimum Gasteiger partial charge on any atom is -0.496 e. The van der Waals surface area contributed by atoms with Gasteiger partial charge in [-0.2, -0.15) is 0 Å². The highest BCUT2D eigenvalue weighted by Crippen LogP contribution is 2.35. The Hall–Kier alpha value is -1.84. The van der Waals surface area contributed by atoms with Gasteiger partial charge in [-0.1, -0.05) is 36.4 Å². The van der Waals surface area contributed by atoms with Gasteiger partial charge in [-0.25, -0.2) is 0 Å². The zero-order valence-electron chi connectivity index (χ0n) is 11.6. The van der Waals surface area contributed by atoms with Crippen LogP contribution in [0.4, 0.5) is 0 Å². The number of hydrogen-bond donors (Lipinski definition) is 1. The van der Waals surface area contributed by atoms with Crippen LogP contribution in [0, 0.1) is 0 Å². The van der Waals surface area contributed by atoms with Crippen LogP contribution in [-0.2, 0) is 0 Å². The predicted molar refractivity (Wildman–Crippen MR) is 85.7 cm³/mol. The molecule has 0 saturated carbocycles. The van der Waals surface area contributed by atoms with Gasteiger partial charge in [-0.15, -0.1) is 11.3 Å². The SMILES string of the molecule is CNC(c1ccc2ccccc2c1)c1sccc1OC. The molecule has 1 heterocycles. The van der Waals surface area contributed by atoms with E-state index < -0.39 is 0 Å². The van der Waals surface area contributed by atoms with Crippen molar-refractivity contribution in [3.8, 4) is 5.75 Å². The minimum atomic E-state index is 0.162. The smallest absolute Gasteiger partial charge is 0.134 e. The Morgan fingerprint density at radius 1 is 1.05 bits per heavy atom. The zero-order valence-corrected chi connectivity index (χ0v) is 12.4. The van der Waals surface area contributed by atoms with Crippen LogP contribution in [-0.4, -0.2) is 14.2 Å². The maximum Gasteiger partial charge on any atom is 0.134 e.